The lowest BCUT2D eigenvalue weighted by Gasteiger charge is -2.10. The number of imidazole rings is 1. The number of carbonyl (C=O) groups is 1. The van der Waals surface area contributed by atoms with Crippen molar-refractivity contribution in [2.45, 2.75) is 13.5 Å². The number of nitrogens with zero attached hydrogens (tertiary/aromatic N) is 2. The van der Waals surface area contributed by atoms with E-state index in [0.29, 0.717) is 21.2 Å². The van der Waals surface area contributed by atoms with Gasteiger partial charge in [-0.25, -0.2) is 9.78 Å². The van der Waals surface area contributed by atoms with Crippen LogP contribution in [0.5, 0.6) is 0 Å². The first kappa shape index (κ1) is 17.1. The monoisotopic (exact) mass is 402 g/mol. The molecule has 0 saturated carbocycles. The van der Waals surface area contributed by atoms with E-state index >= 15 is 0 Å². The molecule has 0 amide bonds. The Kier molecular flexibility index (Phi) is 5.67. The minimum Gasteiger partial charge on any atom is -0.466 e. The lowest BCUT2D eigenvalue weighted by atomic mass is 10.2. The van der Waals surface area contributed by atoms with E-state index in [1.807, 2.05) is 17.6 Å². The van der Waals surface area contributed by atoms with Gasteiger partial charge in [-0.15, -0.1) is 0 Å². The number of esters is 1. The summed E-state index contributed by atoms with van der Waals surface area (Å²) in [6, 6.07) is 5.35. The Hall–Kier alpha value is -1.30. The van der Waals surface area contributed by atoms with Crippen LogP contribution in [0.4, 0.5) is 0 Å². The minimum absolute atomic E-state index is 0.429. The number of hydrogen-bond acceptors (Lipinski definition) is 3. The van der Waals surface area contributed by atoms with E-state index in [9.17, 15) is 4.79 Å². The van der Waals surface area contributed by atoms with E-state index in [-0.39, 0.29) is 0 Å². The van der Waals surface area contributed by atoms with Crippen LogP contribution in [0.25, 0.3) is 6.08 Å². The molecule has 22 heavy (non-hydrogen) atoms. The van der Waals surface area contributed by atoms with E-state index < -0.39 is 5.97 Å². The smallest absolute Gasteiger partial charge is 0.330 e. The number of aromatic nitrogens is 2. The van der Waals surface area contributed by atoms with Crippen molar-refractivity contribution in [1.82, 2.24) is 9.55 Å². The highest BCUT2D eigenvalue weighted by atomic mass is 79.9. The maximum Gasteiger partial charge on any atom is 0.330 e. The van der Waals surface area contributed by atoms with Crippen molar-refractivity contribution in [1.29, 1.82) is 0 Å². The van der Waals surface area contributed by atoms with Gasteiger partial charge in [0.1, 0.15) is 10.4 Å². The lowest BCUT2D eigenvalue weighted by Crippen LogP contribution is -2.05. The summed E-state index contributed by atoms with van der Waals surface area (Å²) >= 11 is 15.5. The van der Waals surface area contributed by atoms with Crippen LogP contribution in [0, 0.1) is 6.92 Å². The first-order chi connectivity index (χ1) is 10.4. The molecule has 1 aromatic heterocycles. The highest BCUT2D eigenvalue weighted by Crippen LogP contribution is 2.25. The topological polar surface area (TPSA) is 44.1 Å². The van der Waals surface area contributed by atoms with Crippen LogP contribution < -0.4 is 0 Å². The average molecular weight is 404 g/mol. The Balaban J connectivity index is 2.38. The molecule has 0 saturated heterocycles. The number of carbonyl (C=O) groups excluding carboxylic acids is 1. The van der Waals surface area contributed by atoms with Gasteiger partial charge < -0.3 is 9.30 Å². The molecule has 116 valence electrons. The molecule has 1 aromatic carbocycles. The quantitative estimate of drug-likeness (QED) is 0.557. The van der Waals surface area contributed by atoms with Crippen LogP contribution in [0.1, 0.15) is 17.1 Å². The van der Waals surface area contributed by atoms with Crippen molar-refractivity contribution in [2.75, 3.05) is 7.11 Å². The van der Waals surface area contributed by atoms with Crippen molar-refractivity contribution in [3.63, 3.8) is 0 Å². The van der Waals surface area contributed by atoms with E-state index in [1.165, 1.54) is 13.2 Å². The molecular formula is C15H13BrCl2N2O2. The second-order valence-electron chi connectivity index (χ2n) is 4.51. The Bertz CT molecular complexity index is 741. The van der Waals surface area contributed by atoms with E-state index in [0.717, 1.165) is 17.1 Å². The highest BCUT2D eigenvalue weighted by molar-refractivity contribution is 9.10. The normalized spacial score (nSPS) is 11.1. The van der Waals surface area contributed by atoms with Gasteiger partial charge in [0.2, 0.25) is 0 Å². The largest absolute Gasteiger partial charge is 0.466 e. The van der Waals surface area contributed by atoms with Crippen molar-refractivity contribution < 1.29 is 9.53 Å². The molecule has 4 nitrogen and oxygen atoms in total. The zero-order valence-electron chi connectivity index (χ0n) is 11.9. The summed E-state index contributed by atoms with van der Waals surface area (Å²) in [6.45, 7) is 2.39. The molecule has 0 N–H and O–H groups in total. The van der Waals surface area contributed by atoms with Crippen LogP contribution in [0.2, 0.25) is 10.0 Å². The van der Waals surface area contributed by atoms with Crippen LogP contribution in [-0.2, 0) is 16.1 Å². The van der Waals surface area contributed by atoms with Crippen LogP contribution >= 0.6 is 39.1 Å². The summed E-state index contributed by atoms with van der Waals surface area (Å²) in [7, 11) is 1.33. The van der Waals surface area contributed by atoms with Crippen molar-refractivity contribution in [3.8, 4) is 0 Å². The molecule has 0 radical (unpaired) electrons. The molecule has 0 aliphatic carbocycles. The second kappa shape index (κ2) is 7.31. The van der Waals surface area contributed by atoms with Gasteiger partial charge in [0, 0.05) is 16.1 Å². The molecule has 7 heteroatoms. The van der Waals surface area contributed by atoms with Gasteiger partial charge in [-0.2, -0.15) is 0 Å². The van der Waals surface area contributed by atoms with Gasteiger partial charge in [-0.05, 0) is 46.6 Å². The molecule has 2 rings (SSSR count). The number of methoxy groups -OCH3 is 1. The summed E-state index contributed by atoms with van der Waals surface area (Å²) in [5.74, 6) is 0.365. The van der Waals surface area contributed by atoms with Crippen LogP contribution in [0.3, 0.4) is 0 Å². The molecular weight excluding hydrogens is 391 g/mol. The number of hydrogen-bond donors (Lipinski definition) is 0. The third-order valence-corrected chi connectivity index (χ3v) is 4.25. The molecule has 0 fully saturated rings. The first-order valence-electron chi connectivity index (χ1n) is 6.35. The Morgan fingerprint density at radius 2 is 2.18 bits per heavy atom. The van der Waals surface area contributed by atoms with Crippen molar-refractivity contribution in [3.05, 3.63) is 56.0 Å². The van der Waals surface area contributed by atoms with E-state index in [2.05, 4.69) is 25.7 Å². The van der Waals surface area contributed by atoms with Crippen molar-refractivity contribution in [2.24, 2.45) is 0 Å². The number of benzene rings is 1. The maximum absolute atomic E-state index is 11.3. The fraction of sp³-hybridized carbons (Fsp3) is 0.200. The van der Waals surface area contributed by atoms with Gasteiger partial charge in [-0.3, -0.25) is 0 Å². The highest BCUT2D eigenvalue weighted by Gasteiger charge is 2.13. The van der Waals surface area contributed by atoms with E-state index in [1.54, 1.807) is 18.2 Å². The summed E-state index contributed by atoms with van der Waals surface area (Å²) in [6.07, 6.45) is 3.00. The number of halogens is 3. The Morgan fingerprint density at radius 1 is 1.45 bits per heavy atom. The number of rotatable bonds is 4. The fourth-order valence-corrected chi connectivity index (χ4v) is 3.01. The maximum atomic E-state index is 11.3. The van der Waals surface area contributed by atoms with Crippen LogP contribution in [0.15, 0.2) is 28.9 Å². The predicted molar refractivity (Wildman–Crippen MR) is 91.3 cm³/mol. The van der Waals surface area contributed by atoms with Gasteiger partial charge >= 0.3 is 5.97 Å². The molecule has 0 spiro atoms. The molecule has 0 aliphatic heterocycles. The third kappa shape index (κ3) is 3.91. The summed E-state index contributed by atoms with van der Waals surface area (Å²) in [5, 5.41) is 1.17. The number of aryl methyl sites for hydroxylation is 1. The minimum atomic E-state index is -0.429. The average Bonchev–Trinajstić information content (AvgIpc) is 2.73. The molecule has 1 heterocycles. The summed E-state index contributed by atoms with van der Waals surface area (Å²) in [4.78, 5) is 15.6. The lowest BCUT2D eigenvalue weighted by molar-refractivity contribution is -0.134. The Morgan fingerprint density at radius 3 is 2.82 bits per heavy atom. The molecule has 0 unspecified atom stereocenters. The predicted octanol–water partition coefficient (Wildman–Crippen LogP) is 4.50. The Labute approximate surface area is 146 Å². The van der Waals surface area contributed by atoms with Gasteiger partial charge in [0.25, 0.3) is 0 Å². The zero-order valence-corrected chi connectivity index (χ0v) is 15.0. The van der Waals surface area contributed by atoms with Gasteiger partial charge in [0.05, 0.1) is 19.3 Å². The van der Waals surface area contributed by atoms with Gasteiger partial charge in [-0.1, -0.05) is 29.3 Å². The molecule has 2 aromatic rings. The first-order valence-corrected chi connectivity index (χ1v) is 7.90. The molecule has 0 aliphatic rings. The number of ether oxygens (including phenoxy) is 1. The molecule has 0 bridgehead atoms. The summed E-state index contributed by atoms with van der Waals surface area (Å²) < 4.78 is 7.19. The fourth-order valence-electron chi connectivity index (χ4n) is 1.94. The second-order valence-corrected chi connectivity index (χ2v) is 6.11. The standard InChI is InChI=1S/C15H13BrCl2N2O2/c1-9-19-15(16)13(5-6-14(21)22-2)20(9)8-10-3-4-11(17)7-12(10)18/h3-7H,8H2,1-2H3. The van der Waals surface area contributed by atoms with E-state index in [4.69, 9.17) is 23.2 Å². The van der Waals surface area contributed by atoms with Crippen molar-refractivity contribution >= 4 is 51.2 Å². The zero-order chi connectivity index (χ0) is 16.3. The summed E-state index contributed by atoms with van der Waals surface area (Å²) in [5.41, 5.74) is 1.67. The van der Waals surface area contributed by atoms with Crippen LogP contribution in [-0.4, -0.2) is 22.6 Å². The molecule has 0 atom stereocenters. The van der Waals surface area contributed by atoms with Gasteiger partial charge in [0.15, 0.2) is 0 Å². The SMILES string of the molecule is COC(=O)C=Cc1c(Br)nc(C)n1Cc1ccc(Cl)cc1Cl. The third-order valence-electron chi connectivity index (χ3n) is 3.07.